The van der Waals surface area contributed by atoms with Crippen LogP contribution in [0.5, 0.6) is 0 Å². The zero-order chi connectivity index (χ0) is 43.7. The molecular weight excluding hydrogens is 623 g/mol. The zero-order valence-corrected chi connectivity index (χ0v) is 32.0. The SMILES string of the molecule is [2H]C([2H])([2H])C([2H])([2H])C([2H])([2H])C([2H])([2H])CCCCCCCCCCCC(=O)N[C@@H](COP(=O)([O-])OCC[N+](C)(C)C)[C@H](O)/C=C/CCCCCCCCCCCCC. The van der Waals surface area contributed by atoms with E-state index in [2.05, 4.69) is 12.2 Å². The number of aliphatic hydroxyl groups is 1. The highest BCUT2D eigenvalue weighted by atomic mass is 31.2. The molecule has 0 aliphatic heterocycles. The molecule has 286 valence electrons. The maximum atomic E-state index is 12.8. The van der Waals surface area contributed by atoms with E-state index < -0.39 is 52.5 Å². The monoisotopic (exact) mass is 712 g/mol. The van der Waals surface area contributed by atoms with Crippen LogP contribution in [0.25, 0.3) is 0 Å². The van der Waals surface area contributed by atoms with Gasteiger partial charge in [0, 0.05) is 18.8 Å². The Morgan fingerprint density at radius 3 is 1.90 bits per heavy atom. The number of unbranched alkanes of at least 4 members (excludes halogenated alkanes) is 19. The van der Waals surface area contributed by atoms with E-state index in [9.17, 15) is 19.4 Å². The van der Waals surface area contributed by atoms with E-state index in [1.807, 2.05) is 27.2 Å². The first kappa shape index (κ1) is 33.1. The van der Waals surface area contributed by atoms with Crippen LogP contribution in [0, 0.1) is 0 Å². The number of aliphatic hydroxyl groups excluding tert-OH is 1. The molecular formula is C39H79N2O6P. The lowest BCUT2D eigenvalue weighted by Crippen LogP contribution is -2.45. The summed E-state index contributed by atoms with van der Waals surface area (Å²) in [5.41, 5.74) is 0. The number of amides is 1. The molecule has 9 heteroatoms. The van der Waals surface area contributed by atoms with Crippen LogP contribution in [0.1, 0.15) is 193 Å². The second kappa shape index (κ2) is 32.2. The molecule has 0 saturated carbocycles. The van der Waals surface area contributed by atoms with Crippen LogP contribution < -0.4 is 10.2 Å². The van der Waals surface area contributed by atoms with Gasteiger partial charge in [-0.05, 0) is 19.3 Å². The number of hydrogen-bond acceptors (Lipinski definition) is 6. The van der Waals surface area contributed by atoms with Gasteiger partial charge in [0.15, 0.2) is 0 Å². The number of carbonyl (C=O) groups is 1. The van der Waals surface area contributed by atoms with Gasteiger partial charge in [0.05, 0.1) is 39.9 Å². The summed E-state index contributed by atoms with van der Waals surface area (Å²) in [6.07, 6.45) is 14.2. The maximum Gasteiger partial charge on any atom is 0.268 e. The number of phosphoric acid groups is 1. The van der Waals surface area contributed by atoms with E-state index in [1.54, 1.807) is 6.08 Å². The molecule has 0 fully saturated rings. The molecule has 1 unspecified atom stereocenters. The van der Waals surface area contributed by atoms with Crippen molar-refractivity contribution < 1.29 is 45.2 Å². The van der Waals surface area contributed by atoms with E-state index in [4.69, 9.17) is 21.4 Å². The highest BCUT2D eigenvalue weighted by molar-refractivity contribution is 7.45. The van der Waals surface area contributed by atoms with E-state index in [1.165, 1.54) is 57.8 Å². The number of likely N-dealkylation sites (N-methyl/N-ethyl adjacent to an activating group) is 1. The van der Waals surface area contributed by atoms with E-state index >= 15 is 0 Å². The van der Waals surface area contributed by atoms with E-state index in [0.29, 0.717) is 30.3 Å². The van der Waals surface area contributed by atoms with Gasteiger partial charge < -0.3 is 28.8 Å². The lowest BCUT2D eigenvalue weighted by molar-refractivity contribution is -0.870. The highest BCUT2D eigenvalue weighted by Gasteiger charge is 2.23. The Morgan fingerprint density at radius 1 is 0.833 bits per heavy atom. The molecule has 0 saturated heterocycles. The van der Waals surface area contributed by atoms with Gasteiger partial charge >= 0.3 is 0 Å². The molecule has 2 N–H and O–H groups in total. The number of nitrogens with one attached hydrogen (secondary N) is 1. The molecule has 0 aromatic heterocycles. The lowest BCUT2D eigenvalue weighted by Gasteiger charge is -2.29. The molecule has 1 amide bonds. The number of quaternary nitrogens is 1. The van der Waals surface area contributed by atoms with Gasteiger partial charge in [-0.25, -0.2) is 0 Å². The van der Waals surface area contributed by atoms with Gasteiger partial charge in [0.25, 0.3) is 7.82 Å². The molecule has 0 aliphatic carbocycles. The normalized spacial score (nSPS) is 18.7. The molecule has 0 radical (unpaired) electrons. The van der Waals surface area contributed by atoms with Gasteiger partial charge in [-0.2, -0.15) is 0 Å². The maximum absolute atomic E-state index is 12.8. The van der Waals surface area contributed by atoms with Gasteiger partial charge in [0.1, 0.15) is 13.2 Å². The lowest BCUT2D eigenvalue weighted by atomic mass is 10.0. The first-order chi connectivity index (χ1) is 26.4. The Labute approximate surface area is 310 Å². The van der Waals surface area contributed by atoms with Crippen molar-refractivity contribution in [2.24, 2.45) is 0 Å². The van der Waals surface area contributed by atoms with E-state index in [0.717, 1.165) is 57.8 Å². The summed E-state index contributed by atoms with van der Waals surface area (Å²) >= 11 is 0. The van der Waals surface area contributed by atoms with Crippen LogP contribution in [0.4, 0.5) is 0 Å². The topological polar surface area (TPSA) is 108 Å². The predicted octanol–water partition coefficient (Wildman–Crippen LogP) is 9.78. The Bertz CT molecular complexity index is 1140. The average Bonchev–Trinajstić information content (AvgIpc) is 3.09. The molecule has 0 aliphatic rings. The summed E-state index contributed by atoms with van der Waals surface area (Å²) in [6.45, 7) is -1.13. The van der Waals surface area contributed by atoms with Crippen LogP contribution in [0.15, 0.2) is 12.2 Å². The highest BCUT2D eigenvalue weighted by Crippen LogP contribution is 2.38. The largest absolute Gasteiger partial charge is 0.756 e. The number of rotatable bonds is 36. The molecule has 3 atom stereocenters. The Morgan fingerprint density at radius 2 is 1.35 bits per heavy atom. The van der Waals surface area contributed by atoms with Gasteiger partial charge in [-0.3, -0.25) is 9.36 Å². The summed E-state index contributed by atoms with van der Waals surface area (Å²) in [6, 6.07) is -0.979. The number of allylic oxidation sites excluding steroid dienone is 1. The zero-order valence-electron chi connectivity index (χ0n) is 40.1. The van der Waals surface area contributed by atoms with Crippen molar-refractivity contribution in [1.29, 1.82) is 0 Å². The fourth-order valence-corrected chi connectivity index (χ4v) is 6.00. The number of phosphoric ester groups is 1. The molecule has 0 rings (SSSR count). The fourth-order valence-electron chi connectivity index (χ4n) is 5.28. The minimum absolute atomic E-state index is 0.0569. The number of hydrogen-bond donors (Lipinski definition) is 2. The Hall–Kier alpha value is -0.760. The summed E-state index contributed by atoms with van der Waals surface area (Å²) < 4.78 is 92.3. The molecule has 0 spiro atoms. The minimum atomic E-state index is -4.66. The summed E-state index contributed by atoms with van der Waals surface area (Å²) in [7, 11) is 1.06. The Kier molecular flexibility index (Phi) is 22.2. The van der Waals surface area contributed by atoms with Crippen molar-refractivity contribution in [2.75, 3.05) is 40.9 Å². The smallest absolute Gasteiger partial charge is 0.268 e. The standard InChI is InChI=1S/C39H79N2O6P/c1-6-8-10-12-14-16-18-20-22-24-26-28-30-32-38(42)37(36-47-48(44,45)46-35-34-41(3,4)5)40-39(43)33-31-29-27-25-23-21-19-17-15-13-11-9-7-2/h30,32,37-38,42H,6-29,31,33-36H2,1-5H3,(H-,40,43,44,45)/b32-30+/t37-,38+/m0/s1/i2D3,7D2,9D2,11D2. The van der Waals surface area contributed by atoms with Crippen molar-refractivity contribution >= 4 is 13.7 Å². The third kappa shape index (κ3) is 33.7. The van der Waals surface area contributed by atoms with Crippen molar-refractivity contribution in [3.8, 4) is 0 Å². The van der Waals surface area contributed by atoms with Crippen LogP contribution >= 0.6 is 7.82 Å². The van der Waals surface area contributed by atoms with Gasteiger partial charge in [-0.15, -0.1) is 0 Å². The first-order valence-electron chi connectivity index (χ1n) is 23.4. The van der Waals surface area contributed by atoms with Gasteiger partial charge in [-0.1, -0.05) is 167 Å². The third-order valence-electron chi connectivity index (χ3n) is 8.35. The molecule has 0 aromatic carbocycles. The van der Waals surface area contributed by atoms with Crippen molar-refractivity contribution in [3.63, 3.8) is 0 Å². The van der Waals surface area contributed by atoms with Crippen molar-refractivity contribution in [1.82, 2.24) is 5.32 Å². The minimum Gasteiger partial charge on any atom is -0.756 e. The van der Waals surface area contributed by atoms with E-state index in [-0.39, 0.29) is 25.4 Å². The van der Waals surface area contributed by atoms with Crippen LogP contribution in [0.3, 0.4) is 0 Å². The predicted molar refractivity (Wildman–Crippen MR) is 201 cm³/mol. The summed E-state index contributed by atoms with van der Waals surface area (Å²) in [4.78, 5) is 25.3. The third-order valence-corrected chi connectivity index (χ3v) is 9.31. The number of nitrogens with zero attached hydrogens (tertiary/aromatic N) is 1. The van der Waals surface area contributed by atoms with Crippen molar-refractivity contribution in [2.45, 2.75) is 193 Å². The first-order valence-corrected chi connectivity index (χ1v) is 20.4. The summed E-state index contributed by atoms with van der Waals surface area (Å²) in [5.74, 6) is -0.315. The molecule has 0 aromatic rings. The van der Waals surface area contributed by atoms with Crippen LogP contribution in [0.2, 0.25) is 0 Å². The molecule has 48 heavy (non-hydrogen) atoms. The van der Waals surface area contributed by atoms with Crippen LogP contribution in [-0.2, 0) is 18.4 Å². The fraction of sp³-hybridized carbons (Fsp3) is 0.923. The summed E-state index contributed by atoms with van der Waals surface area (Å²) in [5, 5.41) is 13.7. The second-order valence-corrected chi connectivity index (χ2v) is 15.5. The quantitative estimate of drug-likeness (QED) is 0.0290. The Balaban J connectivity index is 4.65. The molecule has 0 bridgehead atoms. The molecule has 0 heterocycles. The second-order valence-electron chi connectivity index (χ2n) is 14.1. The van der Waals surface area contributed by atoms with Crippen LogP contribution in [-0.4, -0.2) is 68.5 Å². The molecule has 8 nitrogen and oxygen atoms in total. The average molecular weight is 712 g/mol. The van der Waals surface area contributed by atoms with Crippen molar-refractivity contribution in [3.05, 3.63) is 12.2 Å². The van der Waals surface area contributed by atoms with Gasteiger partial charge in [0.2, 0.25) is 5.91 Å². The number of carbonyl (C=O) groups excluding carboxylic acids is 1.